The zero-order valence-corrected chi connectivity index (χ0v) is 16.1. The molecule has 0 amide bonds. The van der Waals surface area contributed by atoms with Gasteiger partial charge in [0.25, 0.3) is 0 Å². The molecular formula is C18H34FN3O2S. The molecule has 3 rings (SSSR count). The van der Waals surface area contributed by atoms with E-state index in [1.165, 1.54) is 25.7 Å². The Kier molecular flexibility index (Phi) is 6.40. The molecule has 3 N–H and O–H groups in total. The van der Waals surface area contributed by atoms with Crippen molar-refractivity contribution in [2.24, 2.45) is 11.7 Å². The van der Waals surface area contributed by atoms with Gasteiger partial charge in [-0.25, -0.2) is 12.8 Å². The van der Waals surface area contributed by atoms with Crippen LogP contribution in [0.15, 0.2) is 0 Å². The lowest BCUT2D eigenvalue weighted by molar-refractivity contribution is -0.0524. The van der Waals surface area contributed by atoms with Crippen LogP contribution in [0.25, 0.3) is 0 Å². The fraction of sp³-hybridized carbons (Fsp3) is 1.00. The lowest BCUT2D eigenvalue weighted by atomic mass is 9.72. The molecule has 3 aliphatic rings. The summed E-state index contributed by atoms with van der Waals surface area (Å²) >= 11 is 0. The number of nitrogens with two attached hydrogens (primary N) is 1. The Hall–Kier alpha value is -0.240. The monoisotopic (exact) mass is 375 g/mol. The third kappa shape index (κ3) is 4.54. The van der Waals surface area contributed by atoms with E-state index in [0.717, 1.165) is 25.7 Å². The molecule has 0 spiro atoms. The fourth-order valence-electron chi connectivity index (χ4n) is 5.08. The van der Waals surface area contributed by atoms with Crippen LogP contribution in [0, 0.1) is 5.92 Å². The molecule has 2 saturated heterocycles. The number of hydrogen-bond acceptors (Lipinski definition) is 5. The van der Waals surface area contributed by atoms with E-state index in [2.05, 4.69) is 5.32 Å². The maximum Gasteiger partial charge on any atom is 0.152 e. The quantitative estimate of drug-likeness (QED) is 0.765. The van der Waals surface area contributed by atoms with Gasteiger partial charge in [0.05, 0.1) is 17.5 Å². The van der Waals surface area contributed by atoms with E-state index in [1.807, 2.05) is 4.90 Å². The van der Waals surface area contributed by atoms with Gasteiger partial charge in [0.15, 0.2) is 9.84 Å². The van der Waals surface area contributed by atoms with Gasteiger partial charge in [-0.05, 0) is 18.8 Å². The first-order chi connectivity index (χ1) is 11.9. The maximum atomic E-state index is 16.5. The highest BCUT2D eigenvalue weighted by Gasteiger charge is 2.52. The van der Waals surface area contributed by atoms with Crippen molar-refractivity contribution < 1.29 is 12.8 Å². The predicted molar refractivity (Wildman–Crippen MR) is 99.1 cm³/mol. The number of nitrogens with one attached hydrogen (secondary N) is 1. The molecule has 1 saturated carbocycles. The fourth-order valence-corrected chi connectivity index (χ4v) is 6.31. The molecule has 2 heterocycles. The molecule has 3 atom stereocenters. The predicted octanol–water partition coefficient (Wildman–Crippen LogP) is 1.47. The lowest BCUT2D eigenvalue weighted by Crippen LogP contribution is -2.72. The van der Waals surface area contributed by atoms with Crippen molar-refractivity contribution in [2.75, 3.05) is 37.7 Å². The molecule has 3 unspecified atom stereocenters. The average molecular weight is 376 g/mol. The van der Waals surface area contributed by atoms with Crippen LogP contribution in [-0.4, -0.2) is 68.8 Å². The molecule has 25 heavy (non-hydrogen) atoms. The van der Waals surface area contributed by atoms with Crippen LogP contribution < -0.4 is 11.1 Å². The van der Waals surface area contributed by atoms with Gasteiger partial charge in [0.2, 0.25) is 0 Å². The van der Waals surface area contributed by atoms with Crippen LogP contribution in [-0.2, 0) is 9.84 Å². The van der Waals surface area contributed by atoms with Gasteiger partial charge in [-0.1, -0.05) is 38.5 Å². The van der Waals surface area contributed by atoms with E-state index in [0.29, 0.717) is 26.2 Å². The molecule has 7 heteroatoms. The first-order valence-corrected chi connectivity index (χ1v) is 11.8. The summed E-state index contributed by atoms with van der Waals surface area (Å²) < 4.78 is 40.0. The Morgan fingerprint density at radius 2 is 1.56 bits per heavy atom. The highest BCUT2D eigenvalue weighted by atomic mass is 32.2. The van der Waals surface area contributed by atoms with Gasteiger partial charge < -0.3 is 11.1 Å². The van der Waals surface area contributed by atoms with Crippen molar-refractivity contribution in [3.8, 4) is 0 Å². The smallest absolute Gasteiger partial charge is 0.152 e. The summed E-state index contributed by atoms with van der Waals surface area (Å²) in [5.41, 5.74) is 5.01. The van der Waals surface area contributed by atoms with Gasteiger partial charge in [0, 0.05) is 32.2 Å². The van der Waals surface area contributed by atoms with Gasteiger partial charge in [0.1, 0.15) is 5.67 Å². The summed E-state index contributed by atoms with van der Waals surface area (Å²) in [6.07, 6.45) is 8.94. The lowest BCUT2D eigenvalue weighted by Gasteiger charge is -2.51. The number of piperidine rings is 1. The number of hydrogen-bond donors (Lipinski definition) is 2. The van der Waals surface area contributed by atoms with E-state index in [4.69, 9.17) is 5.73 Å². The second kappa shape index (κ2) is 8.19. The average Bonchev–Trinajstić information content (AvgIpc) is 2.70. The molecule has 0 bridgehead atoms. The van der Waals surface area contributed by atoms with Crippen LogP contribution >= 0.6 is 0 Å². The van der Waals surface area contributed by atoms with Crippen molar-refractivity contribution in [3.05, 3.63) is 0 Å². The van der Waals surface area contributed by atoms with Crippen molar-refractivity contribution in [1.82, 2.24) is 10.2 Å². The van der Waals surface area contributed by atoms with Crippen LogP contribution in [0.3, 0.4) is 0 Å². The molecule has 0 aromatic carbocycles. The largest absolute Gasteiger partial charge is 0.325 e. The second-order valence-electron chi connectivity index (χ2n) is 8.25. The minimum Gasteiger partial charge on any atom is -0.325 e. The molecule has 3 fully saturated rings. The zero-order chi connectivity index (χ0) is 17.9. The molecule has 146 valence electrons. The molecule has 1 aliphatic carbocycles. The van der Waals surface area contributed by atoms with Crippen LogP contribution in [0.1, 0.15) is 51.4 Å². The van der Waals surface area contributed by atoms with Crippen LogP contribution in [0.2, 0.25) is 0 Å². The first kappa shape index (κ1) is 19.5. The Morgan fingerprint density at radius 1 is 1.00 bits per heavy atom. The Morgan fingerprint density at radius 3 is 2.16 bits per heavy atom. The Balaban J connectivity index is 1.79. The third-order valence-electron chi connectivity index (χ3n) is 6.48. The molecule has 2 aliphatic heterocycles. The summed E-state index contributed by atoms with van der Waals surface area (Å²) in [4.78, 5) is 2.04. The van der Waals surface area contributed by atoms with E-state index < -0.39 is 15.5 Å². The summed E-state index contributed by atoms with van der Waals surface area (Å²) in [7, 11) is -2.97. The van der Waals surface area contributed by atoms with Gasteiger partial charge in [-0.3, -0.25) is 4.90 Å². The van der Waals surface area contributed by atoms with Crippen LogP contribution in [0.5, 0.6) is 0 Å². The normalized spacial score (nSPS) is 39.3. The minimum atomic E-state index is -2.97. The highest BCUT2D eigenvalue weighted by molar-refractivity contribution is 7.91. The minimum absolute atomic E-state index is 0.0213. The summed E-state index contributed by atoms with van der Waals surface area (Å²) in [6, 6.07) is -0.651. The molecule has 0 radical (unpaired) electrons. The third-order valence-corrected chi connectivity index (χ3v) is 8.09. The number of rotatable bonds is 2. The molecule has 5 nitrogen and oxygen atoms in total. The standard InChI is InChI=1S/C18H34FN3O2S/c19-18(15-7-5-3-1-2-4-6-8-15)14-21-13-16(20)17(18)22-9-11-25(23,24)12-10-22/h15-17,21H,1-14,20H2. The van der Waals surface area contributed by atoms with Gasteiger partial charge in [-0.2, -0.15) is 0 Å². The molecular weight excluding hydrogens is 341 g/mol. The van der Waals surface area contributed by atoms with Gasteiger partial charge in [-0.15, -0.1) is 0 Å². The van der Waals surface area contributed by atoms with Crippen LogP contribution in [0.4, 0.5) is 4.39 Å². The van der Waals surface area contributed by atoms with Crippen molar-refractivity contribution >= 4 is 9.84 Å². The second-order valence-corrected chi connectivity index (χ2v) is 10.6. The van der Waals surface area contributed by atoms with E-state index in [9.17, 15) is 8.42 Å². The highest BCUT2D eigenvalue weighted by Crippen LogP contribution is 2.40. The molecule has 0 aromatic heterocycles. The molecule has 0 aromatic rings. The van der Waals surface area contributed by atoms with Crippen molar-refractivity contribution in [2.45, 2.75) is 69.1 Å². The number of nitrogens with zero attached hydrogens (tertiary/aromatic N) is 1. The van der Waals surface area contributed by atoms with Gasteiger partial charge >= 0.3 is 0 Å². The zero-order valence-electron chi connectivity index (χ0n) is 15.3. The maximum absolute atomic E-state index is 16.5. The van der Waals surface area contributed by atoms with Crippen molar-refractivity contribution in [3.63, 3.8) is 0 Å². The topological polar surface area (TPSA) is 75.4 Å². The summed E-state index contributed by atoms with van der Waals surface area (Å²) in [6.45, 7) is 1.78. The summed E-state index contributed by atoms with van der Waals surface area (Å²) in [5.74, 6) is 0.280. The SMILES string of the molecule is NC1CNCC(F)(C2CCCCCCCC2)C1N1CCS(=O)(=O)CC1. The Bertz CT molecular complexity index is 520. The van der Waals surface area contributed by atoms with E-state index in [1.54, 1.807) is 0 Å². The first-order valence-electron chi connectivity index (χ1n) is 10.0. The van der Waals surface area contributed by atoms with Crippen molar-refractivity contribution in [1.29, 1.82) is 0 Å². The number of alkyl halides is 1. The summed E-state index contributed by atoms with van der Waals surface area (Å²) in [5, 5.41) is 3.21. The van der Waals surface area contributed by atoms with E-state index in [-0.39, 0.29) is 29.5 Å². The number of sulfone groups is 1. The number of halogens is 1. The Labute approximate surface area is 151 Å². The van der Waals surface area contributed by atoms with E-state index >= 15 is 4.39 Å².